The number of carbonyl (C=O) groups excluding carboxylic acids is 1. The molecule has 0 amide bonds. The first-order valence-electron chi connectivity index (χ1n) is 8.89. The van der Waals surface area contributed by atoms with Gasteiger partial charge in [-0.2, -0.15) is 13.2 Å². The fourth-order valence-electron chi connectivity index (χ4n) is 3.20. The van der Waals surface area contributed by atoms with E-state index in [0.29, 0.717) is 31.9 Å². The Balaban J connectivity index is 1.64. The second-order valence-electron chi connectivity index (χ2n) is 6.68. The van der Waals surface area contributed by atoms with Crippen LogP contribution in [-0.4, -0.2) is 36.9 Å². The number of halogens is 4. The van der Waals surface area contributed by atoms with E-state index in [1.54, 1.807) is 19.1 Å². The molecule has 1 saturated heterocycles. The van der Waals surface area contributed by atoms with Gasteiger partial charge >= 0.3 is 6.18 Å². The Morgan fingerprint density at radius 3 is 2.32 bits per heavy atom. The Morgan fingerprint density at radius 1 is 1.00 bits per heavy atom. The normalized spacial score (nSPS) is 15.7. The molecule has 0 aromatic heterocycles. The van der Waals surface area contributed by atoms with E-state index in [1.165, 1.54) is 30.3 Å². The summed E-state index contributed by atoms with van der Waals surface area (Å²) in [6, 6.07) is 10.8. The first kappa shape index (κ1) is 19.9. The maximum Gasteiger partial charge on any atom is 0.416 e. The molecule has 0 atom stereocenters. The van der Waals surface area contributed by atoms with Crippen molar-refractivity contribution >= 4 is 11.5 Å². The van der Waals surface area contributed by atoms with Crippen LogP contribution in [0, 0.1) is 5.82 Å². The van der Waals surface area contributed by atoms with Gasteiger partial charge in [-0.1, -0.05) is 18.2 Å². The Hall–Kier alpha value is -2.83. The molecule has 3 nitrogen and oxygen atoms in total. The number of ketones is 1. The van der Waals surface area contributed by atoms with Gasteiger partial charge in [0.2, 0.25) is 0 Å². The van der Waals surface area contributed by atoms with E-state index in [1.807, 2.05) is 9.80 Å². The molecule has 148 valence electrons. The van der Waals surface area contributed by atoms with Gasteiger partial charge in [-0.05, 0) is 37.3 Å². The van der Waals surface area contributed by atoms with Crippen LogP contribution in [0.2, 0.25) is 0 Å². The zero-order valence-corrected chi connectivity index (χ0v) is 15.3. The molecule has 0 radical (unpaired) electrons. The van der Waals surface area contributed by atoms with Crippen molar-refractivity contribution in [1.29, 1.82) is 0 Å². The van der Waals surface area contributed by atoms with Crippen LogP contribution in [0.15, 0.2) is 60.3 Å². The summed E-state index contributed by atoms with van der Waals surface area (Å²) in [7, 11) is 0. The quantitative estimate of drug-likeness (QED) is 0.426. The van der Waals surface area contributed by atoms with Crippen molar-refractivity contribution in [2.75, 3.05) is 31.1 Å². The highest BCUT2D eigenvalue weighted by molar-refractivity contribution is 6.04. The van der Waals surface area contributed by atoms with E-state index in [2.05, 4.69) is 0 Å². The zero-order valence-electron chi connectivity index (χ0n) is 15.3. The number of hydrogen-bond donors (Lipinski definition) is 0. The molecule has 3 rings (SSSR count). The third-order valence-corrected chi connectivity index (χ3v) is 4.77. The lowest BCUT2D eigenvalue weighted by atomic mass is 10.1. The number of anilines is 1. The largest absolute Gasteiger partial charge is 0.416 e. The summed E-state index contributed by atoms with van der Waals surface area (Å²) < 4.78 is 52.0. The number of piperazine rings is 1. The van der Waals surface area contributed by atoms with Crippen molar-refractivity contribution < 1.29 is 22.4 Å². The minimum atomic E-state index is -4.37. The van der Waals surface area contributed by atoms with Crippen molar-refractivity contribution in [2.45, 2.75) is 13.1 Å². The summed E-state index contributed by atoms with van der Waals surface area (Å²) in [5.41, 5.74) is 0.899. The minimum absolute atomic E-state index is 0.280. The zero-order chi connectivity index (χ0) is 20.3. The third kappa shape index (κ3) is 4.71. The van der Waals surface area contributed by atoms with Crippen molar-refractivity contribution in [3.63, 3.8) is 0 Å². The second kappa shape index (κ2) is 8.04. The third-order valence-electron chi connectivity index (χ3n) is 4.77. The van der Waals surface area contributed by atoms with Crippen LogP contribution in [0.5, 0.6) is 0 Å². The lowest BCUT2D eigenvalue weighted by molar-refractivity contribution is -0.137. The maximum atomic E-state index is 13.3. The topological polar surface area (TPSA) is 23.6 Å². The van der Waals surface area contributed by atoms with E-state index in [9.17, 15) is 22.4 Å². The molecule has 0 N–H and O–H groups in total. The standard InChI is InChI=1S/C21H20F4N2O/c1-15(12-20(28)16-4-2-6-18(22)13-16)26-8-10-27(11-9-26)19-7-3-5-17(14-19)21(23,24)25/h2-7,12-14H,8-11H2,1H3. The van der Waals surface area contributed by atoms with Crippen molar-refractivity contribution in [3.8, 4) is 0 Å². The first-order chi connectivity index (χ1) is 13.2. The Bertz CT molecular complexity index is 884. The number of benzene rings is 2. The lowest BCUT2D eigenvalue weighted by Crippen LogP contribution is -2.45. The van der Waals surface area contributed by atoms with Gasteiger partial charge < -0.3 is 9.80 Å². The molecular weight excluding hydrogens is 372 g/mol. The van der Waals surface area contributed by atoms with Crippen LogP contribution in [0.4, 0.5) is 23.2 Å². The molecule has 2 aromatic rings. The first-order valence-corrected chi connectivity index (χ1v) is 8.89. The summed E-state index contributed by atoms with van der Waals surface area (Å²) in [4.78, 5) is 16.2. The van der Waals surface area contributed by atoms with Gasteiger partial charge in [-0.25, -0.2) is 4.39 Å². The molecule has 0 saturated carbocycles. The summed E-state index contributed by atoms with van der Waals surface area (Å²) in [6.07, 6.45) is -2.90. The van der Waals surface area contributed by atoms with Crippen LogP contribution < -0.4 is 4.90 Å². The number of allylic oxidation sites excluding steroid dienone is 2. The van der Waals surface area contributed by atoms with Crippen LogP contribution in [0.3, 0.4) is 0 Å². The monoisotopic (exact) mass is 392 g/mol. The number of carbonyl (C=O) groups is 1. The van der Waals surface area contributed by atoms with Gasteiger partial charge in [-0.3, -0.25) is 4.79 Å². The molecule has 1 aliphatic heterocycles. The SMILES string of the molecule is CC(=CC(=O)c1cccc(F)c1)N1CCN(c2cccc(C(F)(F)F)c2)CC1. The summed E-state index contributed by atoms with van der Waals surface area (Å²) in [6.45, 7) is 4.04. The second-order valence-corrected chi connectivity index (χ2v) is 6.68. The molecule has 2 aromatic carbocycles. The van der Waals surface area contributed by atoms with Gasteiger partial charge in [0.05, 0.1) is 5.56 Å². The molecule has 1 heterocycles. The highest BCUT2D eigenvalue weighted by atomic mass is 19.4. The van der Waals surface area contributed by atoms with Crippen molar-refractivity contribution in [2.24, 2.45) is 0 Å². The smallest absolute Gasteiger partial charge is 0.371 e. The van der Waals surface area contributed by atoms with Gasteiger partial charge in [0.25, 0.3) is 0 Å². The highest BCUT2D eigenvalue weighted by Gasteiger charge is 2.31. The molecule has 0 spiro atoms. The van der Waals surface area contributed by atoms with E-state index in [-0.39, 0.29) is 11.3 Å². The fraction of sp³-hybridized carbons (Fsp3) is 0.286. The Morgan fingerprint density at radius 2 is 1.68 bits per heavy atom. The van der Waals surface area contributed by atoms with E-state index >= 15 is 0 Å². The van der Waals surface area contributed by atoms with E-state index in [0.717, 1.165) is 17.8 Å². The van der Waals surface area contributed by atoms with Crippen molar-refractivity contribution in [1.82, 2.24) is 4.90 Å². The maximum absolute atomic E-state index is 13.3. The number of nitrogens with zero attached hydrogens (tertiary/aromatic N) is 2. The van der Waals surface area contributed by atoms with Gasteiger partial charge in [0, 0.05) is 49.2 Å². The van der Waals surface area contributed by atoms with Gasteiger partial charge in [0.15, 0.2) is 5.78 Å². The van der Waals surface area contributed by atoms with Crippen LogP contribution >= 0.6 is 0 Å². The highest BCUT2D eigenvalue weighted by Crippen LogP contribution is 2.32. The molecule has 1 aliphatic rings. The van der Waals surface area contributed by atoms with Crippen molar-refractivity contribution in [3.05, 3.63) is 77.2 Å². The predicted octanol–water partition coefficient (Wildman–Crippen LogP) is 4.75. The fourth-order valence-corrected chi connectivity index (χ4v) is 3.20. The van der Waals surface area contributed by atoms with Crippen LogP contribution in [-0.2, 0) is 6.18 Å². The molecule has 0 aliphatic carbocycles. The lowest BCUT2D eigenvalue weighted by Gasteiger charge is -2.38. The van der Waals surface area contributed by atoms with Gasteiger partial charge in [-0.15, -0.1) is 0 Å². The number of alkyl halides is 3. The molecule has 7 heteroatoms. The molecule has 0 unspecified atom stereocenters. The Labute approximate surface area is 160 Å². The van der Waals surface area contributed by atoms with Crippen LogP contribution in [0.1, 0.15) is 22.8 Å². The Kier molecular flexibility index (Phi) is 5.72. The molecule has 1 fully saturated rings. The van der Waals surface area contributed by atoms with Gasteiger partial charge in [0.1, 0.15) is 5.82 Å². The average Bonchev–Trinajstić information content (AvgIpc) is 2.67. The molecular formula is C21H20F4N2O. The van der Waals surface area contributed by atoms with E-state index in [4.69, 9.17) is 0 Å². The summed E-state index contributed by atoms with van der Waals surface area (Å²) in [5, 5.41) is 0. The van der Waals surface area contributed by atoms with E-state index < -0.39 is 17.6 Å². The number of hydrogen-bond acceptors (Lipinski definition) is 3. The molecule has 28 heavy (non-hydrogen) atoms. The molecule has 0 bridgehead atoms. The number of rotatable bonds is 4. The summed E-state index contributed by atoms with van der Waals surface area (Å²) in [5.74, 6) is -0.746. The minimum Gasteiger partial charge on any atom is -0.371 e. The summed E-state index contributed by atoms with van der Waals surface area (Å²) >= 11 is 0. The average molecular weight is 392 g/mol. The predicted molar refractivity (Wildman–Crippen MR) is 99.7 cm³/mol. The van der Waals surface area contributed by atoms with Crippen LogP contribution in [0.25, 0.3) is 0 Å².